The summed E-state index contributed by atoms with van der Waals surface area (Å²) in [6.45, 7) is 4.83. The van der Waals surface area contributed by atoms with Gasteiger partial charge in [0.25, 0.3) is 5.91 Å². The number of nitrogens with zero attached hydrogens (tertiary/aromatic N) is 3. The fourth-order valence-electron chi connectivity index (χ4n) is 5.76. The number of carbonyl (C=O) groups excluding carboxylic acids is 1. The number of carbonyl (C=O) groups is 1. The Bertz CT molecular complexity index is 568. The van der Waals surface area contributed by atoms with Crippen LogP contribution in [0.4, 0.5) is 0 Å². The van der Waals surface area contributed by atoms with Crippen LogP contribution in [0.15, 0.2) is 6.20 Å². The van der Waals surface area contributed by atoms with E-state index in [9.17, 15) is 4.79 Å². The molecule has 0 saturated heterocycles. The summed E-state index contributed by atoms with van der Waals surface area (Å²) in [5.41, 5.74) is 1.79. The van der Waals surface area contributed by atoms with Crippen molar-refractivity contribution < 1.29 is 4.79 Å². The van der Waals surface area contributed by atoms with Crippen LogP contribution in [0.1, 0.15) is 61.5 Å². The highest BCUT2D eigenvalue weighted by Gasteiger charge is 2.53. The summed E-state index contributed by atoms with van der Waals surface area (Å²) in [6, 6.07) is 0. The molecule has 1 aromatic heterocycles. The van der Waals surface area contributed by atoms with Crippen LogP contribution < -0.4 is 0 Å². The predicted molar refractivity (Wildman–Crippen MR) is 85.6 cm³/mol. The SMILES string of the molecule is CCn1cc(C(=O)N(C)C23CC4CC(CC(C4)C2)C3)c(C)n1. The van der Waals surface area contributed by atoms with Crippen LogP contribution in [-0.4, -0.2) is 33.2 Å². The molecule has 4 bridgehead atoms. The molecule has 120 valence electrons. The van der Waals surface area contributed by atoms with E-state index in [1.54, 1.807) is 0 Å². The van der Waals surface area contributed by atoms with Crippen LogP contribution >= 0.6 is 0 Å². The second kappa shape index (κ2) is 4.84. The fraction of sp³-hybridized carbons (Fsp3) is 0.778. The van der Waals surface area contributed by atoms with Gasteiger partial charge in [0.15, 0.2) is 0 Å². The summed E-state index contributed by atoms with van der Waals surface area (Å²) in [5, 5.41) is 4.45. The third kappa shape index (κ3) is 2.03. The maximum Gasteiger partial charge on any atom is 0.257 e. The minimum Gasteiger partial charge on any atom is -0.336 e. The first-order valence-corrected chi connectivity index (χ1v) is 8.83. The second-order valence-electron chi connectivity index (χ2n) is 7.99. The van der Waals surface area contributed by atoms with E-state index in [-0.39, 0.29) is 11.4 Å². The van der Waals surface area contributed by atoms with E-state index in [4.69, 9.17) is 0 Å². The lowest BCUT2D eigenvalue weighted by Gasteiger charge is -2.59. The quantitative estimate of drug-likeness (QED) is 0.859. The summed E-state index contributed by atoms with van der Waals surface area (Å²) in [5.74, 6) is 2.77. The van der Waals surface area contributed by atoms with Crippen molar-refractivity contribution in [2.45, 2.75) is 64.5 Å². The van der Waals surface area contributed by atoms with Gasteiger partial charge in [0.1, 0.15) is 0 Å². The summed E-state index contributed by atoms with van der Waals surface area (Å²) < 4.78 is 1.87. The molecule has 4 aliphatic carbocycles. The van der Waals surface area contributed by atoms with Crippen molar-refractivity contribution in [3.63, 3.8) is 0 Å². The first-order valence-electron chi connectivity index (χ1n) is 8.83. The average Bonchev–Trinajstić information content (AvgIpc) is 2.85. The first kappa shape index (κ1) is 14.3. The van der Waals surface area contributed by atoms with Gasteiger partial charge in [-0.15, -0.1) is 0 Å². The van der Waals surface area contributed by atoms with Gasteiger partial charge in [0.05, 0.1) is 11.3 Å². The third-order valence-corrected chi connectivity index (χ3v) is 6.52. The van der Waals surface area contributed by atoms with Crippen molar-refractivity contribution in [1.82, 2.24) is 14.7 Å². The van der Waals surface area contributed by atoms with E-state index in [2.05, 4.69) is 16.9 Å². The van der Waals surface area contributed by atoms with Gasteiger partial charge in [0.2, 0.25) is 0 Å². The third-order valence-electron chi connectivity index (χ3n) is 6.52. The molecule has 0 aliphatic heterocycles. The van der Waals surface area contributed by atoms with E-state index in [1.807, 2.05) is 24.9 Å². The van der Waals surface area contributed by atoms with Crippen molar-refractivity contribution in [2.24, 2.45) is 17.8 Å². The molecule has 1 aromatic rings. The van der Waals surface area contributed by atoms with Crippen LogP contribution in [0.2, 0.25) is 0 Å². The normalized spacial score (nSPS) is 35.9. The van der Waals surface area contributed by atoms with Crippen molar-refractivity contribution in [3.05, 3.63) is 17.5 Å². The van der Waals surface area contributed by atoms with Gasteiger partial charge in [-0.1, -0.05) is 0 Å². The standard InChI is InChI=1S/C18H27N3O/c1-4-21-11-16(12(2)19-21)17(22)20(3)18-8-13-5-14(9-18)7-15(6-13)10-18/h11,13-15H,4-10H2,1-3H3. The Morgan fingerprint density at radius 3 is 2.27 bits per heavy atom. The Labute approximate surface area is 132 Å². The molecular weight excluding hydrogens is 274 g/mol. The summed E-state index contributed by atoms with van der Waals surface area (Å²) >= 11 is 0. The molecule has 4 aliphatic rings. The maximum absolute atomic E-state index is 13.1. The van der Waals surface area contributed by atoms with Gasteiger partial charge in [-0.05, 0) is 70.1 Å². The van der Waals surface area contributed by atoms with Crippen LogP contribution in [0, 0.1) is 24.7 Å². The van der Waals surface area contributed by atoms with Gasteiger partial charge in [0, 0.05) is 25.3 Å². The largest absolute Gasteiger partial charge is 0.336 e. The molecule has 4 heteroatoms. The Balaban J connectivity index is 1.62. The molecule has 0 unspecified atom stereocenters. The average molecular weight is 301 g/mol. The van der Waals surface area contributed by atoms with E-state index in [1.165, 1.54) is 38.5 Å². The topological polar surface area (TPSA) is 38.1 Å². The van der Waals surface area contributed by atoms with Gasteiger partial charge in [-0.3, -0.25) is 9.48 Å². The number of hydrogen-bond acceptors (Lipinski definition) is 2. The Morgan fingerprint density at radius 1 is 1.27 bits per heavy atom. The van der Waals surface area contributed by atoms with Crippen LogP contribution in [0.25, 0.3) is 0 Å². The van der Waals surface area contributed by atoms with E-state index < -0.39 is 0 Å². The number of rotatable bonds is 3. The van der Waals surface area contributed by atoms with E-state index in [0.29, 0.717) is 0 Å². The lowest BCUT2D eigenvalue weighted by Crippen LogP contribution is -2.60. The Hall–Kier alpha value is -1.32. The Morgan fingerprint density at radius 2 is 1.82 bits per heavy atom. The zero-order chi connectivity index (χ0) is 15.5. The number of aromatic nitrogens is 2. The number of aryl methyl sites for hydroxylation is 2. The molecule has 22 heavy (non-hydrogen) atoms. The van der Waals surface area contributed by atoms with Crippen molar-refractivity contribution in [2.75, 3.05) is 7.05 Å². The summed E-state index contributed by atoms with van der Waals surface area (Å²) in [7, 11) is 2.04. The van der Waals surface area contributed by atoms with Crippen LogP contribution in [0.5, 0.6) is 0 Å². The molecule has 4 saturated carbocycles. The fourth-order valence-corrected chi connectivity index (χ4v) is 5.76. The van der Waals surface area contributed by atoms with Crippen LogP contribution in [-0.2, 0) is 6.54 Å². The van der Waals surface area contributed by atoms with E-state index in [0.717, 1.165) is 35.6 Å². The lowest BCUT2D eigenvalue weighted by atomic mass is 9.52. The van der Waals surface area contributed by atoms with Crippen molar-refractivity contribution in [3.8, 4) is 0 Å². The number of hydrogen-bond donors (Lipinski definition) is 0. The predicted octanol–water partition coefficient (Wildman–Crippen LogP) is 3.25. The Kier molecular flexibility index (Phi) is 3.14. The summed E-state index contributed by atoms with van der Waals surface area (Å²) in [6.07, 6.45) is 9.83. The highest BCUT2D eigenvalue weighted by Crippen LogP contribution is 2.57. The van der Waals surface area contributed by atoms with Crippen molar-refractivity contribution in [1.29, 1.82) is 0 Å². The highest BCUT2D eigenvalue weighted by atomic mass is 16.2. The first-order chi connectivity index (χ1) is 10.5. The lowest BCUT2D eigenvalue weighted by molar-refractivity contribution is -0.0665. The van der Waals surface area contributed by atoms with Crippen molar-refractivity contribution >= 4 is 5.91 Å². The molecule has 4 nitrogen and oxygen atoms in total. The molecule has 1 amide bonds. The van der Waals surface area contributed by atoms with E-state index >= 15 is 0 Å². The number of amides is 1. The minimum atomic E-state index is 0.132. The molecule has 0 spiro atoms. The van der Waals surface area contributed by atoms with Gasteiger partial charge >= 0.3 is 0 Å². The molecular formula is C18H27N3O. The highest BCUT2D eigenvalue weighted by molar-refractivity contribution is 5.95. The molecule has 0 N–H and O–H groups in total. The molecule has 5 rings (SSSR count). The smallest absolute Gasteiger partial charge is 0.257 e. The molecule has 0 radical (unpaired) electrons. The van der Waals surface area contributed by atoms with Gasteiger partial charge < -0.3 is 4.90 Å². The molecule has 1 heterocycles. The van der Waals surface area contributed by atoms with Crippen LogP contribution in [0.3, 0.4) is 0 Å². The monoisotopic (exact) mass is 301 g/mol. The minimum absolute atomic E-state index is 0.132. The van der Waals surface area contributed by atoms with Gasteiger partial charge in [-0.2, -0.15) is 5.10 Å². The molecule has 0 aromatic carbocycles. The zero-order valence-electron chi connectivity index (χ0n) is 14.0. The molecule has 0 atom stereocenters. The second-order valence-corrected chi connectivity index (χ2v) is 7.99. The maximum atomic E-state index is 13.1. The summed E-state index contributed by atoms with van der Waals surface area (Å²) in [4.78, 5) is 15.2. The molecule has 4 fully saturated rings. The van der Waals surface area contributed by atoms with Gasteiger partial charge in [-0.25, -0.2) is 0 Å². The zero-order valence-corrected chi connectivity index (χ0v) is 14.0.